The van der Waals surface area contributed by atoms with Gasteiger partial charge in [-0.1, -0.05) is 5.21 Å². The third-order valence-electron chi connectivity index (χ3n) is 2.50. The van der Waals surface area contributed by atoms with Crippen molar-refractivity contribution >= 4 is 33.2 Å². The molecule has 0 aliphatic heterocycles. The number of aromatic nitrogens is 3. The van der Waals surface area contributed by atoms with Gasteiger partial charge < -0.3 is 10.6 Å². The van der Waals surface area contributed by atoms with E-state index in [4.69, 9.17) is 5.73 Å². The second-order valence-electron chi connectivity index (χ2n) is 4.08. The van der Waals surface area contributed by atoms with Gasteiger partial charge in [-0.3, -0.25) is 9.48 Å². The Kier molecular flexibility index (Phi) is 4.67. The van der Waals surface area contributed by atoms with Crippen molar-refractivity contribution in [3.05, 3.63) is 32.7 Å². The van der Waals surface area contributed by atoms with Crippen LogP contribution in [0.25, 0.3) is 0 Å². The highest BCUT2D eigenvalue weighted by Gasteiger charge is 2.16. The fourth-order valence-corrected chi connectivity index (χ4v) is 2.81. The van der Waals surface area contributed by atoms with Gasteiger partial charge in [-0.25, -0.2) is 0 Å². The molecular formula is C11H14BrN5OS. The molecule has 0 saturated carbocycles. The van der Waals surface area contributed by atoms with E-state index < -0.39 is 0 Å². The lowest BCUT2D eigenvalue weighted by molar-refractivity contribution is 0.0779. The van der Waals surface area contributed by atoms with Crippen LogP contribution in [0.2, 0.25) is 0 Å². The van der Waals surface area contributed by atoms with Gasteiger partial charge in [0.2, 0.25) is 0 Å². The lowest BCUT2D eigenvalue weighted by atomic mass is 10.3. The molecule has 8 heteroatoms. The molecule has 0 unspecified atom stereocenters. The average molecular weight is 344 g/mol. The number of halogens is 1. The summed E-state index contributed by atoms with van der Waals surface area (Å²) in [6, 6.07) is 2.00. The topological polar surface area (TPSA) is 77.0 Å². The molecule has 1 amide bonds. The molecule has 0 spiro atoms. The van der Waals surface area contributed by atoms with Gasteiger partial charge in [0.05, 0.1) is 16.5 Å². The first-order valence-corrected chi connectivity index (χ1v) is 7.36. The van der Waals surface area contributed by atoms with E-state index in [1.807, 2.05) is 11.4 Å². The first kappa shape index (κ1) is 14.2. The van der Waals surface area contributed by atoms with Gasteiger partial charge in [-0.2, -0.15) is 0 Å². The highest BCUT2D eigenvalue weighted by Crippen LogP contribution is 2.21. The molecule has 0 fully saturated rings. The quantitative estimate of drug-likeness (QED) is 0.888. The number of carbonyl (C=O) groups excluding carboxylic acids is 1. The smallest absolute Gasteiger partial charge is 0.276 e. The molecule has 2 aromatic rings. The zero-order valence-corrected chi connectivity index (χ0v) is 12.8. The van der Waals surface area contributed by atoms with Crippen molar-refractivity contribution in [1.29, 1.82) is 0 Å². The maximum Gasteiger partial charge on any atom is 0.276 e. The van der Waals surface area contributed by atoms with E-state index >= 15 is 0 Å². The Labute approximate surface area is 123 Å². The molecule has 2 N–H and O–H groups in total. The van der Waals surface area contributed by atoms with Crippen LogP contribution in [-0.4, -0.2) is 39.4 Å². The van der Waals surface area contributed by atoms with Crippen LogP contribution in [0.1, 0.15) is 16.1 Å². The number of thiophene rings is 1. The predicted octanol–water partition coefficient (Wildman–Crippen LogP) is 1.33. The van der Waals surface area contributed by atoms with Gasteiger partial charge in [-0.15, -0.1) is 16.4 Å². The van der Waals surface area contributed by atoms with Gasteiger partial charge in [0.15, 0.2) is 5.69 Å². The Hall–Kier alpha value is -1.25. The molecule has 0 saturated heterocycles. The first-order valence-electron chi connectivity index (χ1n) is 5.68. The summed E-state index contributed by atoms with van der Waals surface area (Å²) >= 11 is 5.00. The normalized spacial score (nSPS) is 10.7. The average Bonchev–Trinajstić information content (AvgIpc) is 2.98. The monoisotopic (exact) mass is 343 g/mol. The molecule has 0 aromatic carbocycles. The maximum atomic E-state index is 12.1. The highest BCUT2D eigenvalue weighted by molar-refractivity contribution is 9.11. The third-order valence-corrected chi connectivity index (χ3v) is 4.06. The van der Waals surface area contributed by atoms with Crippen LogP contribution >= 0.6 is 27.3 Å². The summed E-state index contributed by atoms with van der Waals surface area (Å²) in [5.74, 6) is -0.148. The maximum absolute atomic E-state index is 12.1. The number of nitrogens with two attached hydrogens (primary N) is 1. The summed E-state index contributed by atoms with van der Waals surface area (Å²) in [4.78, 5) is 13.8. The van der Waals surface area contributed by atoms with Crippen LogP contribution < -0.4 is 5.73 Å². The summed E-state index contributed by atoms with van der Waals surface area (Å²) in [5.41, 5.74) is 6.85. The number of carbonyl (C=O) groups is 1. The summed E-state index contributed by atoms with van der Waals surface area (Å²) in [5, 5.41) is 9.73. The molecule has 2 aromatic heterocycles. The van der Waals surface area contributed by atoms with Crippen molar-refractivity contribution in [2.24, 2.45) is 5.73 Å². The zero-order chi connectivity index (χ0) is 13.8. The Morgan fingerprint density at radius 1 is 1.63 bits per heavy atom. The summed E-state index contributed by atoms with van der Waals surface area (Å²) in [6.07, 6.45) is 1.62. The second kappa shape index (κ2) is 6.27. The summed E-state index contributed by atoms with van der Waals surface area (Å²) in [7, 11) is 1.75. The molecule has 19 heavy (non-hydrogen) atoms. The van der Waals surface area contributed by atoms with Gasteiger partial charge in [0.25, 0.3) is 5.91 Å². The van der Waals surface area contributed by atoms with Gasteiger partial charge in [0, 0.05) is 20.1 Å². The number of amides is 1. The largest absolute Gasteiger partial charge is 0.336 e. The van der Waals surface area contributed by atoms with Gasteiger partial charge >= 0.3 is 0 Å². The Morgan fingerprint density at radius 2 is 2.42 bits per heavy atom. The van der Waals surface area contributed by atoms with Crippen molar-refractivity contribution in [3.63, 3.8) is 0 Å². The molecule has 0 atom stereocenters. The molecule has 0 radical (unpaired) electrons. The van der Waals surface area contributed by atoms with Gasteiger partial charge in [0.1, 0.15) is 0 Å². The minimum absolute atomic E-state index is 0.148. The van der Waals surface area contributed by atoms with Gasteiger partial charge in [-0.05, 0) is 32.9 Å². The number of hydrogen-bond acceptors (Lipinski definition) is 5. The van der Waals surface area contributed by atoms with E-state index in [9.17, 15) is 4.79 Å². The van der Waals surface area contributed by atoms with Crippen molar-refractivity contribution < 1.29 is 4.79 Å². The van der Waals surface area contributed by atoms with Crippen molar-refractivity contribution in [1.82, 2.24) is 19.9 Å². The summed E-state index contributed by atoms with van der Waals surface area (Å²) in [6.45, 7) is 1.57. The molecule has 2 heterocycles. The lowest BCUT2D eigenvalue weighted by Crippen LogP contribution is -2.26. The van der Waals surface area contributed by atoms with E-state index in [-0.39, 0.29) is 5.91 Å². The van der Waals surface area contributed by atoms with E-state index in [1.165, 1.54) is 0 Å². The van der Waals surface area contributed by atoms with Crippen molar-refractivity contribution in [2.45, 2.75) is 13.1 Å². The van der Waals surface area contributed by atoms with Crippen molar-refractivity contribution in [3.8, 4) is 0 Å². The van der Waals surface area contributed by atoms with Crippen LogP contribution in [0.15, 0.2) is 21.4 Å². The molecule has 102 valence electrons. The molecular weight excluding hydrogens is 330 g/mol. The number of nitrogens with zero attached hydrogens (tertiary/aromatic N) is 4. The molecule has 2 rings (SSSR count). The Morgan fingerprint density at radius 3 is 3.05 bits per heavy atom. The van der Waals surface area contributed by atoms with E-state index in [0.29, 0.717) is 25.3 Å². The van der Waals surface area contributed by atoms with E-state index in [0.717, 1.165) is 9.35 Å². The zero-order valence-electron chi connectivity index (χ0n) is 10.4. The highest BCUT2D eigenvalue weighted by atomic mass is 79.9. The minimum Gasteiger partial charge on any atom is -0.336 e. The first-order chi connectivity index (χ1) is 9.10. The van der Waals surface area contributed by atoms with Crippen LogP contribution in [0.3, 0.4) is 0 Å². The van der Waals surface area contributed by atoms with Crippen LogP contribution in [0.5, 0.6) is 0 Å². The molecule has 0 aliphatic rings. The van der Waals surface area contributed by atoms with Crippen LogP contribution in [0.4, 0.5) is 0 Å². The lowest BCUT2D eigenvalue weighted by Gasteiger charge is -2.14. The van der Waals surface area contributed by atoms with E-state index in [1.54, 1.807) is 34.2 Å². The SMILES string of the molecule is CN(Cc1csc(Br)c1)C(=O)c1cn(CCN)nn1. The Balaban J connectivity index is 2.01. The predicted molar refractivity (Wildman–Crippen MR) is 76.9 cm³/mol. The van der Waals surface area contributed by atoms with Crippen molar-refractivity contribution in [2.75, 3.05) is 13.6 Å². The second-order valence-corrected chi connectivity index (χ2v) is 6.37. The molecule has 0 bridgehead atoms. The van der Waals surface area contributed by atoms with E-state index in [2.05, 4.69) is 26.2 Å². The van der Waals surface area contributed by atoms with Crippen LogP contribution in [0, 0.1) is 0 Å². The summed E-state index contributed by atoms with van der Waals surface area (Å²) < 4.78 is 2.62. The number of rotatable bonds is 5. The standard InChI is InChI=1S/C11H14BrN5OS/c1-16(5-8-4-10(12)19-7-8)11(18)9-6-17(3-2-13)15-14-9/h4,6-7H,2-3,5,13H2,1H3. The Bertz CT molecular complexity index is 567. The molecule has 6 nitrogen and oxygen atoms in total. The fourth-order valence-electron chi connectivity index (χ4n) is 1.61. The minimum atomic E-state index is -0.148. The number of hydrogen-bond donors (Lipinski definition) is 1. The fraction of sp³-hybridized carbons (Fsp3) is 0.364. The molecule has 0 aliphatic carbocycles. The third kappa shape index (κ3) is 3.62. The van der Waals surface area contributed by atoms with Crippen LogP contribution in [-0.2, 0) is 13.1 Å².